The number of nitrogens with two attached hydrogens (primary N) is 1. The Morgan fingerprint density at radius 3 is 2.35 bits per heavy atom. The molecule has 0 aromatic heterocycles. The third-order valence-corrected chi connectivity index (χ3v) is 4.48. The molecule has 0 bridgehead atoms. The van der Waals surface area contributed by atoms with Crippen molar-refractivity contribution >= 4 is 15.7 Å². The predicted octanol–water partition coefficient (Wildman–Crippen LogP) is 2.04. The predicted molar refractivity (Wildman–Crippen MR) is 70.3 cm³/mol. The van der Waals surface area contributed by atoms with Crippen LogP contribution in [0.3, 0.4) is 0 Å². The van der Waals surface area contributed by atoms with E-state index in [9.17, 15) is 8.42 Å². The molecule has 1 rings (SSSR count). The summed E-state index contributed by atoms with van der Waals surface area (Å²) in [5.41, 5.74) is 6.85. The second-order valence-corrected chi connectivity index (χ2v) is 5.84. The summed E-state index contributed by atoms with van der Waals surface area (Å²) >= 11 is 0. The summed E-state index contributed by atoms with van der Waals surface area (Å²) in [6.45, 7) is 5.68. The SMILES string of the molecule is CCC(CC)NS(=O)(=O)c1ccc(N)cc1C. The van der Waals surface area contributed by atoms with Crippen LogP contribution in [0, 0.1) is 6.92 Å². The first-order valence-corrected chi connectivity index (χ1v) is 7.27. The molecule has 0 heterocycles. The minimum atomic E-state index is -3.44. The van der Waals surface area contributed by atoms with Gasteiger partial charge in [-0.25, -0.2) is 13.1 Å². The van der Waals surface area contributed by atoms with Gasteiger partial charge in [0.1, 0.15) is 0 Å². The van der Waals surface area contributed by atoms with Crippen molar-refractivity contribution in [2.45, 2.75) is 44.6 Å². The van der Waals surface area contributed by atoms with Gasteiger partial charge in [-0.3, -0.25) is 0 Å². The average Bonchev–Trinajstić information content (AvgIpc) is 2.25. The van der Waals surface area contributed by atoms with Gasteiger partial charge in [-0.05, 0) is 43.5 Å². The molecule has 1 aromatic rings. The molecule has 3 N–H and O–H groups in total. The van der Waals surface area contributed by atoms with Crippen molar-refractivity contribution in [3.63, 3.8) is 0 Å². The maximum atomic E-state index is 12.1. The number of sulfonamides is 1. The molecule has 0 aliphatic carbocycles. The first kappa shape index (κ1) is 14.0. The summed E-state index contributed by atoms with van der Waals surface area (Å²) in [5, 5.41) is 0. The van der Waals surface area contributed by atoms with Crippen molar-refractivity contribution in [1.82, 2.24) is 4.72 Å². The Kier molecular flexibility index (Phi) is 4.54. The van der Waals surface area contributed by atoms with Crippen LogP contribution < -0.4 is 10.5 Å². The molecule has 0 spiro atoms. The molecule has 0 saturated carbocycles. The van der Waals surface area contributed by atoms with Crippen LogP contribution in [0.5, 0.6) is 0 Å². The van der Waals surface area contributed by atoms with Gasteiger partial charge in [-0.15, -0.1) is 0 Å². The van der Waals surface area contributed by atoms with Crippen molar-refractivity contribution < 1.29 is 8.42 Å². The standard InChI is InChI=1S/C12H20N2O2S/c1-4-11(5-2)14-17(15,16)12-7-6-10(13)8-9(12)3/h6-8,11,14H,4-5,13H2,1-3H3. The summed E-state index contributed by atoms with van der Waals surface area (Å²) in [4.78, 5) is 0.304. The number of nitrogens with one attached hydrogen (secondary N) is 1. The van der Waals surface area contributed by atoms with Gasteiger partial charge in [-0.2, -0.15) is 0 Å². The van der Waals surface area contributed by atoms with Gasteiger partial charge in [0.25, 0.3) is 0 Å². The molecule has 17 heavy (non-hydrogen) atoms. The summed E-state index contributed by atoms with van der Waals surface area (Å²) in [5.74, 6) is 0. The normalized spacial score (nSPS) is 12.0. The molecule has 0 atom stereocenters. The fourth-order valence-corrected chi connectivity index (χ4v) is 3.34. The van der Waals surface area contributed by atoms with Crippen molar-refractivity contribution in [3.8, 4) is 0 Å². The van der Waals surface area contributed by atoms with Crippen LogP contribution in [-0.4, -0.2) is 14.5 Å². The van der Waals surface area contributed by atoms with Gasteiger partial charge < -0.3 is 5.73 Å². The Balaban J connectivity index is 3.05. The highest BCUT2D eigenvalue weighted by Crippen LogP contribution is 2.18. The number of aryl methyl sites for hydroxylation is 1. The second kappa shape index (κ2) is 5.51. The smallest absolute Gasteiger partial charge is 0.241 e. The maximum absolute atomic E-state index is 12.1. The molecule has 0 radical (unpaired) electrons. The van der Waals surface area contributed by atoms with Gasteiger partial charge in [0.05, 0.1) is 4.90 Å². The number of hydrogen-bond donors (Lipinski definition) is 2. The molecule has 4 nitrogen and oxygen atoms in total. The third kappa shape index (κ3) is 3.44. The minimum absolute atomic E-state index is 0.0167. The lowest BCUT2D eigenvalue weighted by Crippen LogP contribution is -2.34. The summed E-state index contributed by atoms with van der Waals surface area (Å²) in [6, 6.07) is 4.81. The van der Waals surface area contributed by atoms with Crippen LogP contribution in [0.2, 0.25) is 0 Å². The van der Waals surface area contributed by atoms with Crippen LogP contribution in [0.4, 0.5) is 5.69 Å². The van der Waals surface area contributed by atoms with E-state index >= 15 is 0 Å². The molecule has 0 unspecified atom stereocenters. The molecule has 5 heteroatoms. The number of nitrogen functional groups attached to an aromatic ring is 1. The van der Waals surface area contributed by atoms with Crippen LogP contribution >= 0.6 is 0 Å². The number of benzene rings is 1. The molecular formula is C12H20N2O2S. The summed E-state index contributed by atoms with van der Waals surface area (Å²) in [7, 11) is -3.44. The molecule has 1 aromatic carbocycles. The van der Waals surface area contributed by atoms with E-state index in [1.165, 1.54) is 0 Å². The maximum Gasteiger partial charge on any atom is 0.241 e. The van der Waals surface area contributed by atoms with E-state index in [1.54, 1.807) is 25.1 Å². The summed E-state index contributed by atoms with van der Waals surface area (Å²) in [6.07, 6.45) is 1.56. The van der Waals surface area contributed by atoms with Crippen LogP contribution in [0.15, 0.2) is 23.1 Å². The van der Waals surface area contributed by atoms with Crippen molar-refractivity contribution in [3.05, 3.63) is 23.8 Å². The van der Waals surface area contributed by atoms with Crippen molar-refractivity contribution in [1.29, 1.82) is 0 Å². The van der Waals surface area contributed by atoms with Crippen LogP contribution in [0.25, 0.3) is 0 Å². The molecular weight excluding hydrogens is 236 g/mol. The van der Waals surface area contributed by atoms with Gasteiger partial charge >= 0.3 is 0 Å². The Morgan fingerprint density at radius 1 is 1.29 bits per heavy atom. The molecule has 0 amide bonds. The lowest BCUT2D eigenvalue weighted by Gasteiger charge is -2.16. The minimum Gasteiger partial charge on any atom is -0.399 e. The highest BCUT2D eigenvalue weighted by atomic mass is 32.2. The average molecular weight is 256 g/mol. The Hall–Kier alpha value is -1.07. The monoisotopic (exact) mass is 256 g/mol. The lowest BCUT2D eigenvalue weighted by molar-refractivity contribution is 0.530. The van der Waals surface area contributed by atoms with Gasteiger partial charge in [0.2, 0.25) is 10.0 Å². The van der Waals surface area contributed by atoms with E-state index in [4.69, 9.17) is 5.73 Å². The topological polar surface area (TPSA) is 72.2 Å². The van der Waals surface area contributed by atoms with E-state index in [0.717, 1.165) is 12.8 Å². The van der Waals surface area contributed by atoms with Gasteiger partial charge in [-0.1, -0.05) is 13.8 Å². The highest BCUT2D eigenvalue weighted by Gasteiger charge is 2.19. The first-order valence-electron chi connectivity index (χ1n) is 5.79. The Labute approximate surface area is 103 Å². The molecule has 0 aliphatic rings. The zero-order valence-electron chi connectivity index (χ0n) is 10.5. The fourth-order valence-electron chi connectivity index (χ4n) is 1.71. The van der Waals surface area contributed by atoms with Crippen LogP contribution in [0.1, 0.15) is 32.3 Å². The molecule has 0 aliphatic heterocycles. The second-order valence-electron chi connectivity index (χ2n) is 4.16. The number of anilines is 1. The Morgan fingerprint density at radius 2 is 1.88 bits per heavy atom. The molecule has 96 valence electrons. The van der Waals surface area contributed by atoms with E-state index in [2.05, 4.69) is 4.72 Å². The zero-order chi connectivity index (χ0) is 13.1. The third-order valence-electron chi connectivity index (χ3n) is 2.80. The van der Waals surface area contributed by atoms with Gasteiger partial charge in [0.15, 0.2) is 0 Å². The summed E-state index contributed by atoms with van der Waals surface area (Å²) < 4.78 is 27.0. The molecule has 0 saturated heterocycles. The lowest BCUT2D eigenvalue weighted by atomic mass is 10.2. The Bertz CT molecular complexity index is 479. The largest absolute Gasteiger partial charge is 0.399 e. The zero-order valence-corrected chi connectivity index (χ0v) is 11.3. The van der Waals surface area contributed by atoms with E-state index in [-0.39, 0.29) is 6.04 Å². The van der Waals surface area contributed by atoms with E-state index in [1.807, 2.05) is 13.8 Å². The van der Waals surface area contributed by atoms with Crippen LogP contribution in [-0.2, 0) is 10.0 Å². The van der Waals surface area contributed by atoms with E-state index < -0.39 is 10.0 Å². The van der Waals surface area contributed by atoms with E-state index in [0.29, 0.717) is 16.1 Å². The quantitative estimate of drug-likeness (QED) is 0.792. The van der Waals surface area contributed by atoms with Crippen molar-refractivity contribution in [2.75, 3.05) is 5.73 Å². The first-order chi connectivity index (χ1) is 7.90. The fraction of sp³-hybridized carbons (Fsp3) is 0.500. The highest BCUT2D eigenvalue weighted by molar-refractivity contribution is 7.89. The number of rotatable bonds is 5. The van der Waals surface area contributed by atoms with Gasteiger partial charge in [0, 0.05) is 11.7 Å². The van der Waals surface area contributed by atoms with Crippen molar-refractivity contribution in [2.24, 2.45) is 0 Å². The molecule has 0 fully saturated rings. The number of hydrogen-bond acceptors (Lipinski definition) is 3.